The van der Waals surface area contributed by atoms with Gasteiger partial charge in [0.2, 0.25) is 0 Å². The molecule has 4 aromatic heterocycles. The van der Waals surface area contributed by atoms with Gasteiger partial charge >= 0.3 is 0 Å². The maximum atomic E-state index is 5.22. The van der Waals surface area contributed by atoms with Crippen molar-refractivity contribution in [3.05, 3.63) is 40.2 Å². The van der Waals surface area contributed by atoms with Crippen LogP contribution in [0, 0.1) is 13.8 Å². The predicted octanol–water partition coefficient (Wildman–Crippen LogP) is 6.27. The Kier molecular flexibility index (Phi) is 5.18. The third-order valence-corrected chi connectivity index (χ3v) is 8.27. The monoisotopic (exact) mass is 435 g/mol. The molecule has 0 aromatic carbocycles. The van der Waals surface area contributed by atoms with Crippen LogP contribution in [0.3, 0.4) is 0 Å². The molecule has 0 bridgehead atoms. The van der Waals surface area contributed by atoms with Gasteiger partial charge in [-0.2, -0.15) is 5.10 Å². The second kappa shape index (κ2) is 7.75. The first-order valence-electron chi connectivity index (χ1n) is 11.6. The maximum absolute atomic E-state index is 5.22. The predicted molar refractivity (Wildman–Crippen MR) is 130 cm³/mol. The SMILES string of the molecule is Cc1c(-c2[nH]c3sc(C4CCN(C(C)C)CC4)nc3c2C(C)C)cn2nccc2c1C. The van der Waals surface area contributed by atoms with Crippen LogP contribution in [-0.4, -0.2) is 43.6 Å². The van der Waals surface area contributed by atoms with Crippen LogP contribution in [0.25, 0.3) is 27.1 Å². The summed E-state index contributed by atoms with van der Waals surface area (Å²) in [4.78, 5) is 12.8. The average Bonchev–Trinajstić information content (AvgIpc) is 3.44. The number of likely N-dealkylation sites (tertiary alicyclic amines) is 1. The van der Waals surface area contributed by atoms with Crippen LogP contribution in [0.4, 0.5) is 0 Å². The van der Waals surface area contributed by atoms with Gasteiger partial charge < -0.3 is 9.88 Å². The highest BCUT2D eigenvalue weighted by molar-refractivity contribution is 7.18. The van der Waals surface area contributed by atoms with E-state index in [1.54, 1.807) is 0 Å². The lowest BCUT2D eigenvalue weighted by molar-refractivity contribution is 0.172. The number of H-pyrrole nitrogens is 1. The molecule has 1 fully saturated rings. The smallest absolute Gasteiger partial charge is 0.121 e. The molecule has 1 aliphatic rings. The Morgan fingerprint density at radius 2 is 1.84 bits per heavy atom. The zero-order chi connectivity index (χ0) is 21.9. The van der Waals surface area contributed by atoms with E-state index in [2.05, 4.69) is 68.8 Å². The number of hydrogen-bond acceptors (Lipinski definition) is 4. The fourth-order valence-corrected chi connectivity index (χ4v) is 6.25. The molecule has 6 heteroatoms. The normalized spacial score (nSPS) is 16.5. The highest BCUT2D eigenvalue weighted by Gasteiger charge is 2.27. The Morgan fingerprint density at radius 1 is 1.10 bits per heavy atom. The lowest BCUT2D eigenvalue weighted by atomic mass is 9.95. The quantitative estimate of drug-likeness (QED) is 0.411. The van der Waals surface area contributed by atoms with Gasteiger partial charge in [0.05, 0.1) is 16.2 Å². The van der Waals surface area contributed by atoms with E-state index in [4.69, 9.17) is 4.98 Å². The summed E-state index contributed by atoms with van der Waals surface area (Å²) in [5, 5.41) is 5.82. The lowest BCUT2D eigenvalue weighted by Gasteiger charge is -2.33. The summed E-state index contributed by atoms with van der Waals surface area (Å²) in [5.74, 6) is 0.989. The van der Waals surface area contributed by atoms with Crippen molar-refractivity contribution in [1.82, 2.24) is 24.5 Å². The molecule has 5 heterocycles. The first-order chi connectivity index (χ1) is 14.8. The van der Waals surface area contributed by atoms with Crippen molar-refractivity contribution in [2.45, 2.75) is 72.3 Å². The van der Waals surface area contributed by atoms with Crippen molar-refractivity contribution in [2.24, 2.45) is 0 Å². The number of aryl methyl sites for hydroxylation is 1. The van der Waals surface area contributed by atoms with Gasteiger partial charge in [-0.05, 0) is 76.7 Å². The van der Waals surface area contributed by atoms with Crippen LogP contribution in [-0.2, 0) is 0 Å². The van der Waals surface area contributed by atoms with Crippen molar-refractivity contribution >= 4 is 27.2 Å². The fraction of sp³-hybridized carbons (Fsp3) is 0.520. The van der Waals surface area contributed by atoms with Crippen molar-refractivity contribution in [1.29, 1.82) is 0 Å². The van der Waals surface area contributed by atoms with Crippen molar-refractivity contribution in [3.8, 4) is 11.3 Å². The Bertz CT molecular complexity index is 1230. The molecule has 0 radical (unpaired) electrons. The van der Waals surface area contributed by atoms with Gasteiger partial charge in [0.1, 0.15) is 10.3 Å². The molecule has 31 heavy (non-hydrogen) atoms. The van der Waals surface area contributed by atoms with Gasteiger partial charge in [0.15, 0.2) is 0 Å². The van der Waals surface area contributed by atoms with Gasteiger partial charge in [-0.1, -0.05) is 13.8 Å². The zero-order valence-electron chi connectivity index (χ0n) is 19.5. The summed E-state index contributed by atoms with van der Waals surface area (Å²) in [6.07, 6.45) is 6.47. The van der Waals surface area contributed by atoms with Gasteiger partial charge in [0.25, 0.3) is 0 Å². The van der Waals surface area contributed by atoms with E-state index in [1.165, 1.54) is 74.8 Å². The molecule has 5 rings (SSSR count). The molecule has 5 nitrogen and oxygen atoms in total. The second-order valence-corrected chi connectivity index (χ2v) is 10.7. The van der Waals surface area contributed by atoms with Crippen LogP contribution in [0.5, 0.6) is 0 Å². The maximum Gasteiger partial charge on any atom is 0.121 e. The Labute approximate surface area is 188 Å². The minimum atomic E-state index is 0.398. The van der Waals surface area contributed by atoms with Crippen molar-refractivity contribution < 1.29 is 0 Å². The number of hydrogen-bond donors (Lipinski definition) is 1. The fourth-order valence-electron chi connectivity index (χ4n) is 5.09. The topological polar surface area (TPSA) is 49.2 Å². The van der Waals surface area contributed by atoms with Crippen LogP contribution >= 0.6 is 11.3 Å². The third kappa shape index (κ3) is 3.40. The van der Waals surface area contributed by atoms with Gasteiger partial charge in [0, 0.05) is 35.5 Å². The van der Waals surface area contributed by atoms with E-state index in [-0.39, 0.29) is 0 Å². The average molecular weight is 436 g/mol. The van der Waals surface area contributed by atoms with Crippen molar-refractivity contribution in [2.75, 3.05) is 13.1 Å². The van der Waals surface area contributed by atoms with E-state index in [9.17, 15) is 0 Å². The second-order valence-electron chi connectivity index (χ2n) is 9.66. The number of nitrogens with zero attached hydrogens (tertiary/aromatic N) is 4. The highest BCUT2D eigenvalue weighted by Crippen LogP contribution is 2.42. The largest absolute Gasteiger partial charge is 0.345 e. The van der Waals surface area contributed by atoms with Gasteiger partial charge in [-0.3, -0.25) is 0 Å². The number of nitrogens with one attached hydrogen (secondary N) is 1. The molecule has 0 unspecified atom stereocenters. The molecule has 164 valence electrons. The number of aromatic nitrogens is 4. The molecule has 1 saturated heterocycles. The summed E-state index contributed by atoms with van der Waals surface area (Å²) < 4.78 is 2.00. The van der Waals surface area contributed by atoms with E-state index in [0.29, 0.717) is 17.9 Å². The lowest BCUT2D eigenvalue weighted by Crippen LogP contribution is -2.37. The van der Waals surface area contributed by atoms with Gasteiger partial charge in [-0.25, -0.2) is 9.50 Å². The zero-order valence-corrected chi connectivity index (χ0v) is 20.3. The number of aromatic amines is 1. The standard InChI is InChI=1S/C25H33N5S/c1-14(2)21-22(19-13-30-20(7-10-26-30)17(6)16(19)5)27-25-23(21)28-24(31-25)18-8-11-29(12-9-18)15(3)4/h7,10,13-15,18,27H,8-9,11-12H2,1-6H3. The Hall–Kier alpha value is -2.18. The molecule has 4 aromatic rings. The summed E-state index contributed by atoms with van der Waals surface area (Å²) in [5.41, 5.74) is 8.73. The van der Waals surface area contributed by atoms with E-state index in [0.717, 1.165) is 0 Å². The van der Waals surface area contributed by atoms with E-state index >= 15 is 0 Å². The Morgan fingerprint density at radius 3 is 2.52 bits per heavy atom. The number of fused-ring (bicyclic) bond motifs is 2. The summed E-state index contributed by atoms with van der Waals surface area (Å²) in [6, 6.07) is 2.72. The summed E-state index contributed by atoms with van der Waals surface area (Å²) >= 11 is 1.87. The van der Waals surface area contributed by atoms with Crippen LogP contribution in [0.2, 0.25) is 0 Å². The molecule has 0 amide bonds. The third-order valence-electron chi connectivity index (χ3n) is 7.13. The molecular formula is C25H33N5S. The molecule has 0 spiro atoms. The van der Waals surface area contributed by atoms with Crippen LogP contribution < -0.4 is 0 Å². The molecule has 1 aliphatic heterocycles. The van der Waals surface area contributed by atoms with Crippen LogP contribution in [0.15, 0.2) is 18.5 Å². The first-order valence-corrected chi connectivity index (χ1v) is 12.4. The number of rotatable bonds is 4. The molecule has 0 aliphatic carbocycles. The molecular weight excluding hydrogens is 402 g/mol. The number of pyridine rings is 1. The van der Waals surface area contributed by atoms with Crippen LogP contribution in [0.1, 0.15) is 74.1 Å². The number of piperidine rings is 1. The summed E-state index contributed by atoms with van der Waals surface area (Å²) in [6.45, 7) is 15.9. The van der Waals surface area contributed by atoms with Gasteiger partial charge in [-0.15, -0.1) is 11.3 Å². The molecule has 0 saturated carbocycles. The number of thiazole rings is 1. The van der Waals surface area contributed by atoms with E-state index < -0.39 is 0 Å². The Balaban J connectivity index is 1.56. The van der Waals surface area contributed by atoms with Crippen molar-refractivity contribution in [3.63, 3.8) is 0 Å². The first kappa shape index (κ1) is 20.7. The molecule has 1 N–H and O–H groups in total. The minimum Gasteiger partial charge on any atom is -0.345 e. The summed E-state index contributed by atoms with van der Waals surface area (Å²) in [7, 11) is 0. The highest BCUT2D eigenvalue weighted by atomic mass is 32.1. The van der Waals surface area contributed by atoms with E-state index in [1.807, 2.05) is 22.0 Å². The minimum absolute atomic E-state index is 0.398. The molecule has 0 atom stereocenters.